The minimum absolute atomic E-state index is 0.0989. The molecule has 1 aliphatic carbocycles. The maximum absolute atomic E-state index is 13.0. The number of hydrogen-bond donors (Lipinski definition) is 0. The lowest BCUT2D eigenvalue weighted by Gasteiger charge is -2.39. The van der Waals surface area contributed by atoms with Crippen molar-refractivity contribution in [1.82, 2.24) is 9.80 Å². The van der Waals surface area contributed by atoms with Gasteiger partial charge in [0.25, 0.3) is 5.91 Å². The van der Waals surface area contributed by atoms with Crippen LogP contribution in [-0.4, -0.2) is 53.5 Å². The van der Waals surface area contributed by atoms with E-state index in [2.05, 4.69) is 22.8 Å². The van der Waals surface area contributed by atoms with Gasteiger partial charge in [0.05, 0.1) is 11.6 Å². The number of carbonyl (C=O) groups excluding carboxylic acids is 1. The van der Waals surface area contributed by atoms with Gasteiger partial charge in [-0.2, -0.15) is 5.26 Å². The van der Waals surface area contributed by atoms with Crippen molar-refractivity contribution in [2.24, 2.45) is 0 Å². The molecule has 3 rings (SSSR count). The molecule has 0 bridgehead atoms. The molecule has 0 radical (unpaired) electrons. The molecule has 1 aliphatic heterocycles. The van der Waals surface area contributed by atoms with Gasteiger partial charge in [-0.1, -0.05) is 6.92 Å². The van der Waals surface area contributed by atoms with Gasteiger partial charge in [0, 0.05) is 25.2 Å². The van der Waals surface area contributed by atoms with E-state index in [-0.39, 0.29) is 5.91 Å². The Morgan fingerprint density at radius 2 is 1.84 bits per heavy atom. The number of rotatable bonds is 6. The van der Waals surface area contributed by atoms with Crippen molar-refractivity contribution in [3.05, 3.63) is 29.8 Å². The number of nitriles is 1. The second-order valence-corrected chi connectivity index (χ2v) is 7.04. The van der Waals surface area contributed by atoms with Crippen molar-refractivity contribution in [3.63, 3.8) is 0 Å². The van der Waals surface area contributed by atoms with E-state index < -0.39 is 6.10 Å². The second kappa shape index (κ2) is 7.88. The first-order valence-electron chi connectivity index (χ1n) is 9.33. The third kappa shape index (κ3) is 4.32. The summed E-state index contributed by atoms with van der Waals surface area (Å²) in [6.07, 6.45) is 3.84. The van der Waals surface area contributed by atoms with Gasteiger partial charge in [0.15, 0.2) is 6.10 Å². The molecule has 1 heterocycles. The van der Waals surface area contributed by atoms with E-state index in [1.165, 1.54) is 0 Å². The van der Waals surface area contributed by atoms with E-state index in [0.29, 0.717) is 23.4 Å². The molecule has 5 heteroatoms. The van der Waals surface area contributed by atoms with E-state index in [1.54, 1.807) is 24.3 Å². The van der Waals surface area contributed by atoms with Crippen molar-refractivity contribution in [2.75, 3.05) is 19.6 Å². The molecule has 5 nitrogen and oxygen atoms in total. The zero-order chi connectivity index (χ0) is 17.8. The minimum atomic E-state index is -0.502. The van der Waals surface area contributed by atoms with Crippen molar-refractivity contribution >= 4 is 5.91 Å². The van der Waals surface area contributed by atoms with Gasteiger partial charge in [-0.05, 0) is 63.4 Å². The lowest BCUT2D eigenvalue weighted by atomic mass is 10.0. The van der Waals surface area contributed by atoms with E-state index in [0.717, 1.165) is 45.3 Å². The highest BCUT2D eigenvalue weighted by molar-refractivity contribution is 5.82. The van der Waals surface area contributed by atoms with Crippen LogP contribution in [0, 0.1) is 11.3 Å². The molecule has 25 heavy (non-hydrogen) atoms. The first-order valence-corrected chi connectivity index (χ1v) is 9.33. The smallest absolute Gasteiger partial charge is 0.263 e. The van der Waals surface area contributed by atoms with Crippen molar-refractivity contribution in [3.8, 4) is 11.8 Å². The molecule has 134 valence electrons. The first-order chi connectivity index (χ1) is 12.1. The summed E-state index contributed by atoms with van der Waals surface area (Å²) in [5, 5.41) is 8.87. The molecule has 1 saturated carbocycles. The summed E-state index contributed by atoms with van der Waals surface area (Å²) >= 11 is 0. The van der Waals surface area contributed by atoms with Gasteiger partial charge >= 0.3 is 0 Å². The zero-order valence-electron chi connectivity index (χ0n) is 15.1. The quantitative estimate of drug-likeness (QED) is 0.798. The molecule has 2 fully saturated rings. The van der Waals surface area contributed by atoms with Crippen molar-refractivity contribution in [1.29, 1.82) is 5.26 Å². The lowest BCUT2D eigenvalue weighted by molar-refractivity contribution is -0.142. The SMILES string of the molecule is CCN1CCC(N(C(=O)[C@H](C)Oc2ccc(C#N)cc2)C2CC2)CC1. The summed E-state index contributed by atoms with van der Waals surface area (Å²) in [7, 11) is 0. The Morgan fingerprint density at radius 1 is 1.24 bits per heavy atom. The van der Waals surface area contributed by atoms with E-state index >= 15 is 0 Å². The summed E-state index contributed by atoms with van der Waals surface area (Å²) in [5.41, 5.74) is 0.591. The molecule has 1 amide bonds. The molecule has 0 spiro atoms. The van der Waals surface area contributed by atoms with E-state index in [4.69, 9.17) is 10.00 Å². The number of amides is 1. The molecule has 1 atom stereocenters. The van der Waals surface area contributed by atoms with Crippen LogP contribution in [0.1, 0.15) is 45.1 Å². The van der Waals surface area contributed by atoms with Crippen LogP contribution in [0.15, 0.2) is 24.3 Å². The maximum atomic E-state index is 13.0. The normalized spacial score (nSPS) is 19.9. The van der Waals surface area contributed by atoms with Crippen LogP contribution in [0.25, 0.3) is 0 Å². The standard InChI is InChI=1S/C20H27N3O2/c1-3-22-12-10-18(11-13-22)23(17-6-7-17)20(24)15(2)25-19-8-4-16(14-21)5-9-19/h4-5,8-9,15,17-18H,3,6-7,10-13H2,1-2H3/t15-/m0/s1. The van der Waals surface area contributed by atoms with Crippen LogP contribution >= 0.6 is 0 Å². The van der Waals surface area contributed by atoms with Crippen molar-refractivity contribution < 1.29 is 9.53 Å². The van der Waals surface area contributed by atoms with Crippen LogP contribution < -0.4 is 4.74 Å². The van der Waals surface area contributed by atoms with Crippen LogP contribution in [0.3, 0.4) is 0 Å². The van der Waals surface area contributed by atoms with Crippen LogP contribution in [-0.2, 0) is 4.79 Å². The Hall–Kier alpha value is -2.06. The molecule has 0 unspecified atom stereocenters. The van der Waals surface area contributed by atoms with Gasteiger partial charge in [-0.15, -0.1) is 0 Å². The number of piperidine rings is 1. The Bertz CT molecular complexity index is 625. The number of hydrogen-bond acceptors (Lipinski definition) is 4. The molecule has 1 aromatic carbocycles. The fraction of sp³-hybridized carbons (Fsp3) is 0.600. The summed E-state index contributed by atoms with van der Waals surface area (Å²) < 4.78 is 5.86. The first kappa shape index (κ1) is 17.8. The van der Waals surface area contributed by atoms with E-state index in [9.17, 15) is 4.79 Å². The Labute approximate surface area is 150 Å². The Morgan fingerprint density at radius 3 is 2.36 bits per heavy atom. The van der Waals surface area contributed by atoms with Crippen molar-refractivity contribution in [2.45, 2.75) is 57.7 Å². The Balaban J connectivity index is 1.62. The molecule has 1 aromatic rings. The maximum Gasteiger partial charge on any atom is 0.263 e. The third-order valence-electron chi connectivity index (χ3n) is 5.24. The minimum Gasteiger partial charge on any atom is -0.481 e. The molecular formula is C20H27N3O2. The zero-order valence-corrected chi connectivity index (χ0v) is 15.1. The summed E-state index contributed by atoms with van der Waals surface area (Å²) in [6.45, 7) is 7.25. The monoisotopic (exact) mass is 341 g/mol. The third-order valence-corrected chi connectivity index (χ3v) is 5.24. The average Bonchev–Trinajstić information content (AvgIpc) is 3.48. The molecule has 2 aliphatic rings. The number of benzene rings is 1. The van der Waals surface area contributed by atoms with Crippen LogP contribution in [0.5, 0.6) is 5.75 Å². The predicted octanol–water partition coefficient (Wildman–Crippen LogP) is 2.80. The fourth-order valence-electron chi connectivity index (χ4n) is 3.60. The Kier molecular flexibility index (Phi) is 5.60. The second-order valence-electron chi connectivity index (χ2n) is 7.04. The van der Waals surface area contributed by atoms with Gasteiger partial charge in [-0.25, -0.2) is 0 Å². The highest BCUT2D eigenvalue weighted by atomic mass is 16.5. The summed E-state index contributed by atoms with van der Waals surface area (Å²) in [6, 6.07) is 9.77. The number of carbonyl (C=O) groups is 1. The number of likely N-dealkylation sites (tertiary alicyclic amines) is 1. The number of ether oxygens (including phenoxy) is 1. The van der Waals surface area contributed by atoms with Gasteiger partial charge in [0.2, 0.25) is 0 Å². The highest BCUT2D eigenvalue weighted by Gasteiger charge is 2.40. The summed E-state index contributed by atoms with van der Waals surface area (Å²) in [4.78, 5) is 17.6. The molecule has 1 saturated heterocycles. The largest absolute Gasteiger partial charge is 0.481 e. The average molecular weight is 341 g/mol. The van der Waals surface area contributed by atoms with Crippen LogP contribution in [0.4, 0.5) is 0 Å². The van der Waals surface area contributed by atoms with Crippen LogP contribution in [0.2, 0.25) is 0 Å². The summed E-state index contributed by atoms with van der Waals surface area (Å²) in [5.74, 6) is 0.734. The lowest BCUT2D eigenvalue weighted by Crippen LogP contribution is -2.51. The van der Waals surface area contributed by atoms with Gasteiger partial charge in [0.1, 0.15) is 5.75 Å². The molecule has 0 aromatic heterocycles. The predicted molar refractivity (Wildman–Crippen MR) is 96.3 cm³/mol. The van der Waals surface area contributed by atoms with E-state index in [1.807, 2.05) is 6.92 Å². The van der Waals surface area contributed by atoms with Gasteiger partial charge < -0.3 is 14.5 Å². The number of nitrogens with zero attached hydrogens (tertiary/aromatic N) is 3. The molecular weight excluding hydrogens is 314 g/mol. The van der Waals surface area contributed by atoms with Gasteiger partial charge in [-0.3, -0.25) is 4.79 Å². The highest BCUT2D eigenvalue weighted by Crippen LogP contribution is 2.33. The fourth-order valence-corrected chi connectivity index (χ4v) is 3.60. The molecule has 0 N–H and O–H groups in total. The topological polar surface area (TPSA) is 56.6 Å².